The van der Waals surface area contributed by atoms with E-state index in [-0.39, 0.29) is 23.6 Å². The fraction of sp³-hybridized carbons (Fsp3) is 0.389. The van der Waals surface area contributed by atoms with E-state index in [1.165, 1.54) is 12.1 Å². The fourth-order valence-corrected chi connectivity index (χ4v) is 2.91. The SMILES string of the molecule is Cc1cc(C(=O)NC2CCOCC2Oc2ccc(C(=O)O)cc2)n(C)n1. The monoisotopic (exact) mass is 359 g/mol. The predicted molar refractivity (Wildman–Crippen MR) is 92.5 cm³/mol. The maximum absolute atomic E-state index is 12.5. The highest BCUT2D eigenvalue weighted by Crippen LogP contribution is 2.19. The largest absolute Gasteiger partial charge is 0.486 e. The molecule has 1 aromatic heterocycles. The van der Waals surface area contributed by atoms with Crippen LogP contribution in [0.3, 0.4) is 0 Å². The summed E-state index contributed by atoms with van der Waals surface area (Å²) in [7, 11) is 1.73. The van der Waals surface area contributed by atoms with Crippen molar-refractivity contribution in [3.63, 3.8) is 0 Å². The van der Waals surface area contributed by atoms with Crippen molar-refractivity contribution in [2.75, 3.05) is 13.2 Å². The second-order valence-corrected chi connectivity index (χ2v) is 6.22. The van der Waals surface area contributed by atoms with Crippen LogP contribution >= 0.6 is 0 Å². The summed E-state index contributed by atoms with van der Waals surface area (Å²) in [4.78, 5) is 23.5. The van der Waals surface area contributed by atoms with Crippen molar-refractivity contribution in [2.24, 2.45) is 7.05 Å². The summed E-state index contributed by atoms with van der Waals surface area (Å²) < 4.78 is 12.9. The smallest absolute Gasteiger partial charge is 0.335 e. The molecule has 1 fully saturated rings. The Hall–Kier alpha value is -2.87. The molecule has 138 valence electrons. The van der Waals surface area contributed by atoms with Crippen molar-refractivity contribution in [1.82, 2.24) is 15.1 Å². The first-order valence-electron chi connectivity index (χ1n) is 8.33. The van der Waals surface area contributed by atoms with Crippen molar-refractivity contribution in [3.05, 3.63) is 47.3 Å². The molecule has 2 aromatic rings. The molecule has 0 bridgehead atoms. The Balaban J connectivity index is 1.68. The molecular formula is C18H21N3O5. The van der Waals surface area contributed by atoms with Crippen LogP contribution < -0.4 is 10.1 Å². The third-order valence-corrected chi connectivity index (χ3v) is 4.24. The second-order valence-electron chi connectivity index (χ2n) is 6.22. The topological polar surface area (TPSA) is 103 Å². The highest BCUT2D eigenvalue weighted by molar-refractivity contribution is 5.92. The zero-order valence-corrected chi connectivity index (χ0v) is 14.6. The highest BCUT2D eigenvalue weighted by Gasteiger charge is 2.30. The summed E-state index contributed by atoms with van der Waals surface area (Å²) in [6.45, 7) is 2.71. The van der Waals surface area contributed by atoms with Gasteiger partial charge in [-0.1, -0.05) is 0 Å². The van der Waals surface area contributed by atoms with Crippen molar-refractivity contribution in [3.8, 4) is 5.75 Å². The number of carboxylic acids is 1. The molecule has 0 aliphatic carbocycles. The van der Waals surface area contributed by atoms with E-state index in [1.807, 2.05) is 6.92 Å². The van der Waals surface area contributed by atoms with E-state index >= 15 is 0 Å². The van der Waals surface area contributed by atoms with Crippen molar-refractivity contribution in [1.29, 1.82) is 0 Å². The Labute approximate surface area is 150 Å². The van der Waals surface area contributed by atoms with Gasteiger partial charge in [0.05, 0.1) is 23.9 Å². The summed E-state index contributed by atoms with van der Waals surface area (Å²) in [5.74, 6) is -0.676. The van der Waals surface area contributed by atoms with Gasteiger partial charge >= 0.3 is 5.97 Å². The summed E-state index contributed by atoms with van der Waals surface area (Å²) in [6, 6.07) is 7.67. The van der Waals surface area contributed by atoms with E-state index in [2.05, 4.69) is 10.4 Å². The summed E-state index contributed by atoms with van der Waals surface area (Å²) in [5, 5.41) is 16.1. The summed E-state index contributed by atoms with van der Waals surface area (Å²) in [6.07, 6.45) is 0.262. The standard InChI is InChI=1S/C18H21N3O5/c1-11-9-15(21(2)20-11)17(22)19-14-7-8-25-10-16(14)26-13-5-3-12(4-6-13)18(23)24/h3-6,9,14,16H,7-8,10H2,1-2H3,(H,19,22)(H,23,24). The van der Waals surface area contributed by atoms with Gasteiger partial charge in [0.25, 0.3) is 5.91 Å². The average Bonchev–Trinajstić information content (AvgIpc) is 2.95. The van der Waals surface area contributed by atoms with Crippen LogP contribution in [0.15, 0.2) is 30.3 Å². The maximum atomic E-state index is 12.5. The molecule has 1 aliphatic heterocycles. The Morgan fingerprint density at radius 1 is 1.35 bits per heavy atom. The molecule has 8 heteroatoms. The minimum atomic E-state index is -0.992. The summed E-state index contributed by atoms with van der Waals surface area (Å²) in [5.41, 5.74) is 1.45. The number of carboxylic acid groups (broad SMARTS) is 1. The minimum Gasteiger partial charge on any atom is -0.486 e. The zero-order valence-electron chi connectivity index (χ0n) is 14.6. The molecule has 3 rings (SSSR count). The molecule has 0 saturated carbocycles. The van der Waals surface area contributed by atoms with Crippen LogP contribution in [0.2, 0.25) is 0 Å². The first-order chi connectivity index (χ1) is 12.4. The number of rotatable bonds is 5. The van der Waals surface area contributed by atoms with Gasteiger partial charge in [0, 0.05) is 13.7 Å². The Morgan fingerprint density at radius 2 is 2.08 bits per heavy atom. The predicted octanol–water partition coefficient (Wildman–Crippen LogP) is 1.39. The van der Waals surface area contributed by atoms with Gasteiger partial charge in [-0.15, -0.1) is 0 Å². The fourth-order valence-electron chi connectivity index (χ4n) is 2.91. The Kier molecular flexibility index (Phi) is 5.22. The van der Waals surface area contributed by atoms with Crippen LogP contribution in [0, 0.1) is 6.92 Å². The minimum absolute atomic E-state index is 0.189. The number of amides is 1. The van der Waals surface area contributed by atoms with Crippen LogP contribution in [0.5, 0.6) is 5.75 Å². The lowest BCUT2D eigenvalue weighted by molar-refractivity contribution is -0.0136. The summed E-state index contributed by atoms with van der Waals surface area (Å²) >= 11 is 0. The third-order valence-electron chi connectivity index (χ3n) is 4.24. The van der Waals surface area contributed by atoms with Gasteiger partial charge < -0.3 is 19.9 Å². The number of ether oxygens (including phenoxy) is 2. The Bertz CT molecular complexity index is 800. The van der Waals surface area contributed by atoms with Crippen molar-refractivity contribution in [2.45, 2.75) is 25.5 Å². The molecule has 1 saturated heterocycles. The van der Waals surface area contributed by atoms with E-state index in [0.29, 0.717) is 31.1 Å². The third kappa shape index (κ3) is 4.02. The number of aromatic carboxylic acids is 1. The lowest BCUT2D eigenvalue weighted by atomic mass is 10.1. The van der Waals surface area contributed by atoms with Crippen molar-refractivity contribution < 1.29 is 24.2 Å². The van der Waals surface area contributed by atoms with Crippen LogP contribution in [0.1, 0.15) is 33.0 Å². The zero-order chi connectivity index (χ0) is 18.7. The number of hydrogen-bond acceptors (Lipinski definition) is 5. The number of aryl methyl sites for hydroxylation is 2. The van der Waals surface area contributed by atoms with Crippen LogP contribution in [0.4, 0.5) is 0 Å². The molecule has 0 radical (unpaired) electrons. The van der Waals surface area contributed by atoms with Gasteiger partial charge in [0.2, 0.25) is 0 Å². The lowest BCUT2D eigenvalue weighted by Crippen LogP contribution is -2.51. The first-order valence-corrected chi connectivity index (χ1v) is 8.33. The second kappa shape index (κ2) is 7.57. The molecule has 1 aliphatic rings. The number of carbonyl (C=O) groups is 2. The number of hydrogen-bond donors (Lipinski definition) is 2. The van der Waals surface area contributed by atoms with Gasteiger partial charge in [-0.25, -0.2) is 4.79 Å². The van der Waals surface area contributed by atoms with Gasteiger partial charge in [-0.3, -0.25) is 9.48 Å². The van der Waals surface area contributed by atoms with E-state index in [0.717, 1.165) is 5.69 Å². The number of nitrogens with one attached hydrogen (secondary N) is 1. The Morgan fingerprint density at radius 3 is 2.69 bits per heavy atom. The van der Waals surface area contributed by atoms with Gasteiger partial charge in [-0.2, -0.15) is 5.10 Å². The van der Waals surface area contributed by atoms with Crippen LogP contribution in [-0.4, -0.2) is 52.1 Å². The molecule has 2 N–H and O–H groups in total. The highest BCUT2D eigenvalue weighted by atomic mass is 16.5. The quantitative estimate of drug-likeness (QED) is 0.836. The molecule has 8 nitrogen and oxygen atoms in total. The average molecular weight is 359 g/mol. The van der Waals surface area contributed by atoms with E-state index in [1.54, 1.807) is 29.9 Å². The van der Waals surface area contributed by atoms with Gasteiger partial charge in [0.1, 0.15) is 17.5 Å². The molecule has 26 heavy (non-hydrogen) atoms. The van der Waals surface area contributed by atoms with Crippen LogP contribution in [-0.2, 0) is 11.8 Å². The number of aromatic nitrogens is 2. The number of carbonyl (C=O) groups excluding carboxylic acids is 1. The lowest BCUT2D eigenvalue weighted by Gasteiger charge is -2.32. The van der Waals surface area contributed by atoms with E-state index in [9.17, 15) is 9.59 Å². The van der Waals surface area contributed by atoms with E-state index in [4.69, 9.17) is 14.6 Å². The molecule has 1 amide bonds. The molecule has 2 unspecified atom stereocenters. The molecule has 2 heterocycles. The van der Waals surface area contributed by atoms with Gasteiger partial charge in [-0.05, 0) is 43.7 Å². The number of nitrogens with zero attached hydrogens (tertiary/aromatic N) is 2. The van der Waals surface area contributed by atoms with E-state index < -0.39 is 5.97 Å². The number of benzene rings is 1. The van der Waals surface area contributed by atoms with Crippen molar-refractivity contribution >= 4 is 11.9 Å². The molecule has 2 atom stereocenters. The normalized spacial score (nSPS) is 19.8. The molecule has 0 spiro atoms. The molecule has 1 aromatic carbocycles. The van der Waals surface area contributed by atoms with Gasteiger partial charge in [0.15, 0.2) is 0 Å². The first kappa shape index (κ1) is 17.9. The maximum Gasteiger partial charge on any atom is 0.335 e. The van der Waals surface area contributed by atoms with Crippen LogP contribution in [0.25, 0.3) is 0 Å². The molecular weight excluding hydrogens is 338 g/mol.